The molecule has 1 saturated heterocycles. The van der Waals surface area contributed by atoms with Crippen LogP contribution in [0.3, 0.4) is 0 Å². The van der Waals surface area contributed by atoms with Crippen molar-refractivity contribution in [2.75, 3.05) is 17.7 Å². The predicted octanol–water partition coefficient (Wildman–Crippen LogP) is 0.364. The number of H-pyrrole nitrogens is 1. The molecule has 0 amide bonds. The minimum atomic E-state index is -0.480. The van der Waals surface area contributed by atoms with Crippen molar-refractivity contribution in [1.29, 1.82) is 0 Å². The van der Waals surface area contributed by atoms with Gasteiger partial charge in [0.15, 0.2) is 0 Å². The maximum atomic E-state index is 11.9. The van der Waals surface area contributed by atoms with E-state index in [1.165, 1.54) is 4.57 Å². The Morgan fingerprint density at radius 3 is 2.75 bits per heavy atom. The van der Waals surface area contributed by atoms with Gasteiger partial charge in [0.25, 0.3) is 5.56 Å². The summed E-state index contributed by atoms with van der Waals surface area (Å²) in [6.45, 7) is 7.03. The van der Waals surface area contributed by atoms with Gasteiger partial charge in [0.05, 0.1) is 12.1 Å². The summed E-state index contributed by atoms with van der Waals surface area (Å²) < 4.78 is 6.85. The number of nitrogens with one attached hydrogen (secondary N) is 2. The largest absolute Gasteiger partial charge is 0.383 e. The smallest absolute Gasteiger partial charge is 0.330 e. The molecule has 0 aromatic carbocycles. The van der Waals surface area contributed by atoms with Gasteiger partial charge >= 0.3 is 5.69 Å². The van der Waals surface area contributed by atoms with Crippen LogP contribution in [0.15, 0.2) is 9.59 Å². The van der Waals surface area contributed by atoms with E-state index in [-0.39, 0.29) is 29.6 Å². The Bertz CT molecular complexity index is 590. The van der Waals surface area contributed by atoms with Crippen LogP contribution in [0.5, 0.6) is 0 Å². The average molecular weight is 282 g/mol. The number of hydrogen-bond donors (Lipinski definition) is 3. The maximum Gasteiger partial charge on any atom is 0.330 e. The SMILES string of the molecule is CC(C)Cn1c(N)c(NC2CCOC2C)c(=O)[nH]c1=O. The van der Waals surface area contributed by atoms with Gasteiger partial charge in [0.1, 0.15) is 11.5 Å². The zero-order chi connectivity index (χ0) is 14.9. The molecule has 7 nitrogen and oxygen atoms in total. The van der Waals surface area contributed by atoms with Gasteiger partial charge in [0, 0.05) is 13.2 Å². The number of hydrogen-bond acceptors (Lipinski definition) is 5. The molecule has 2 rings (SSSR count). The van der Waals surface area contributed by atoms with E-state index < -0.39 is 11.2 Å². The Kier molecular flexibility index (Phi) is 4.17. The Balaban J connectivity index is 2.37. The number of nitrogens with two attached hydrogens (primary N) is 1. The van der Waals surface area contributed by atoms with E-state index in [0.717, 1.165) is 6.42 Å². The third-order valence-electron chi connectivity index (χ3n) is 3.49. The van der Waals surface area contributed by atoms with E-state index in [2.05, 4.69) is 10.3 Å². The van der Waals surface area contributed by atoms with Crippen LogP contribution in [0.2, 0.25) is 0 Å². The lowest BCUT2D eigenvalue weighted by Gasteiger charge is -2.20. The maximum absolute atomic E-state index is 11.9. The minimum Gasteiger partial charge on any atom is -0.383 e. The van der Waals surface area contributed by atoms with Crippen molar-refractivity contribution in [1.82, 2.24) is 9.55 Å². The molecular formula is C13H22N4O3. The monoisotopic (exact) mass is 282 g/mol. The molecule has 2 atom stereocenters. The minimum absolute atomic E-state index is 0.0132. The van der Waals surface area contributed by atoms with Crippen LogP contribution >= 0.6 is 0 Å². The van der Waals surface area contributed by atoms with E-state index in [1.54, 1.807) is 0 Å². The summed E-state index contributed by atoms with van der Waals surface area (Å²) in [6.07, 6.45) is 0.822. The molecule has 1 aromatic heterocycles. The van der Waals surface area contributed by atoms with Crippen molar-refractivity contribution in [2.24, 2.45) is 5.92 Å². The Morgan fingerprint density at radius 2 is 2.20 bits per heavy atom. The molecular weight excluding hydrogens is 260 g/mol. The molecule has 20 heavy (non-hydrogen) atoms. The highest BCUT2D eigenvalue weighted by Gasteiger charge is 2.26. The first-order valence-corrected chi connectivity index (χ1v) is 6.91. The fourth-order valence-corrected chi connectivity index (χ4v) is 2.38. The summed E-state index contributed by atoms with van der Waals surface area (Å²) in [6, 6.07) is 0.0309. The van der Waals surface area contributed by atoms with Crippen LogP contribution in [0.4, 0.5) is 11.5 Å². The van der Waals surface area contributed by atoms with Gasteiger partial charge in [-0.25, -0.2) is 4.79 Å². The molecule has 1 aliphatic rings. The molecule has 7 heteroatoms. The molecule has 4 N–H and O–H groups in total. The summed E-state index contributed by atoms with van der Waals surface area (Å²) in [7, 11) is 0. The highest BCUT2D eigenvalue weighted by atomic mass is 16.5. The van der Waals surface area contributed by atoms with E-state index >= 15 is 0 Å². The molecule has 2 heterocycles. The van der Waals surface area contributed by atoms with Crippen LogP contribution in [0.1, 0.15) is 27.2 Å². The van der Waals surface area contributed by atoms with Crippen LogP contribution in [-0.2, 0) is 11.3 Å². The third-order valence-corrected chi connectivity index (χ3v) is 3.49. The first kappa shape index (κ1) is 14.6. The van der Waals surface area contributed by atoms with Crippen molar-refractivity contribution in [3.8, 4) is 0 Å². The van der Waals surface area contributed by atoms with E-state index in [9.17, 15) is 9.59 Å². The van der Waals surface area contributed by atoms with Crippen LogP contribution in [0, 0.1) is 5.92 Å². The number of nitrogens with zero attached hydrogens (tertiary/aromatic N) is 1. The number of aromatic amines is 1. The highest BCUT2D eigenvalue weighted by molar-refractivity contribution is 5.61. The molecule has 1 fully saturated rings. The number of anilines is 2. The molecule has 0 aliphatic carbocycles. The Hall–Kier alpha value is -1.76. The second-order valence-electron chi connectivity index (χ2n) is 5.64. The normalized spacial score (nSPS) is 22.4. The molecule has 0 saturated carbocycles. The second-order valence-corrected chi connectivity index (χ2v) is 5.64. The molecule has 0 bridgehead atoms. The van der Waals surface area contributed by atoms with Gasteiger partial charge in [-0.3, -0.25) is 14.3 Å². The Labute approximate surface area is 117 Å². The van der Waals surface area contributed by atoms with Crippen LogP contribution in [-0.4, -0.2) is 28.3 Å². The lowest BCUT2D eigenvalue weighted by atomic mass is 10.1. The van der Waals surface area contributed by atoms with Crippen molar-refractivity contribution in [3.05, 3.63) is 20.8 Å². The molecule has 112 valence electrons. The molecule has 2 unspecified atom stereocenters. The van der Waals surface area contributed by atoms with Crippen LogP contribution < -0.4 is 22.3 Å². The van der Waals surface area contributed by atoms with Gasteiger partial charge in [-0.05, 0) is 19.3 Å². The standard InChI is InChI=1S/C13H22N4O3/c1-7(2)6-17-11(14)10(12(18)16-13(17)19)15-9-4-5-20-8(9)3/h7-9,15H,4-6,14H2,1-3H3,(H,16,18,19). The predicted molar refractivity (Wildman–Crippen MR) is 78.0 cm³/mol. The quantitative estimate of drug-likeness (QED) is 0.740. The number of ether oxygens (including phenoxy) is 1. The summed E-state index contributed by atoms with van der Waals surface area (Å²) >= 11 is 0. The lowest BCUT2D eigenvalue weighted by Crippen LogP contribution is -2.38. The number of nitrogen functional groups attached to an aromatic ring is 1. The van der Waals surface area contributed by atoms with Crippen LogP contribution in [0.25, 0.3) is 0 Å². The fraction of sp³-hybridized carbons (Fsp3) is 0.692. The van der Waals surface area contributed by atoms with E-state index in [1.807, 2.05) is 20.8 Å². The number of rotatable bonds is 4. The first-order chi connectivity index (χ1) is 9.40. The Morgan fingerprint density at radius 1 is 1.50 bits per heavy atom. The van der Waals surface area contributed by atoms with Crippen molar-refractivity contribution < 1.29 is 4.74 Å². The molecule has 1 aromatic rings. The zero-order valence-electron chi connectivity index (χ0n) is 12.1. The second kappa shape index (κ2) is 5.70. The van der Waals surface area contributed by atoms with Crippen molar-refractivity contribution >= 4 is 11.5 Å². The van der Waals surface area contributed by atoms with E-state index in [4.69, 9.17) is 10.5 Å². The average Bonchev–Trinajstić information content (AvgIpc) is 2.75. The van der Waals surface area contributed by atoms with Gasteiger partial charge in [0.2, 0.25) is 0 Å². The van der Waals surface area contributed by atoms with Gasteiger partial charge in [-0.1, -0.05) is 13.8 Å². The van der Waals surface area contributed by atoms with Gasteiger partial charge in [-0.15, -0.1) is 0 Å². The zero-order valence-corrected chi connectivity index (χ0v) is 12.1. The third kappa shape index (κ3) is 2.87. The summed E-state index contributed by atoms with van der Waals surface area (Å²) in [4.78, 5) is 26.1. The molecule has 0 spiro atoms. The topological polar surface area (TPSA) is 102 Å². The van der Waals surface area contributed by atoms with Gasteiger partial charge in [-0.2, -0.15) is 0 Å². The molecule has 0 radical (unpaired) electrons. The van der Waals surface area contributed by atoms with Gasteiger partial charge < -0.3 is 15.8 Å². The van der Waals surface area contributed by atoms with E-state index in [0.29, 0.717) is 13.2 Å². The first-order valence-electron chi connectivity index (χ1n) is 6.91. The lowest BCUT2D eigenvalue weighted by molar-refractivity contribution is 0.121. The highest BCUT2D eigenvalue weighted by Crippen LogP contribution is 2.20. The molecule has 1 aliphatic heterocycles. The summed E-state index contributed by atoms with van der Waals surface area (Å²) in [5, 5.41) is 3.11. The van der Waals surface area contributed by atoms with Crippen molar-refractivity contribution in [2.45, 2.75) is 45.9 Å². The number of aromatic nitrogens is 2. The fourth-order valence-electron chi connectivity index (χ4n) is 2.38. The summed E-state index contributed by atoms with van der Waals surface area (Å²) in [5.74, 6) is 0.439. The van der Waals surface area contributed by atoms with Crippen molar-refractivity contribution in [3.63, 3.8) is 0 Å². The summed E-state index contributed by atoms with van der Waals surface area (Å²) in [5.41, 5.74) is 5.30.